The molecule has 0 saturated heterocycles. The maximum atomic E-state index is 12.6. The summed E-state index contributed by atoms with van der Waals surface area (Å²) in [5.41, 5.74) is 1.34. The van der Waals surface area contributed by atoms with Crippen LogP contribution in [0.25, 0.3) is 11.4 Å². The molecule has 0 aliphatic heterocycles. The van der Waals surface area contributed by atoms with Crippen LogP contribution < -0.4 is 5.32 Å². The van der Waals surface area contributed by atoms with Gasteiger partial charge in [-0.1, -0.05) is 52.6 Å². The van der Waals surface area contributed by atoms with Gasteiger partial charge in [0.05, 0.1) is 16.0 Å². The van der Waals surface area contributed by atoms with Crippen molar-refractivity contribution in [3.8, 4) is 11.4 Å². The predicted molar refractivity (Wildman–Crippen MR) is 121 cm³/mol. The van der Waals surface area contributed by atoms with Crippen molar-refractivity contribution < 1.29 is 4.79 Å². The Bertz CT molecular complexity index is 1040. The van der Waals surface area contributed by atoms with Crippen molar-refractivity contribution in [1.29, 1.82) is 0 Å². The van der Waals surface area contributed by atoms with Crippen LogP contribution in [0, 0.1) is 0 Å². The molecular formula is C20H17Cl3N4OS. The van der Waals surface area contributed by atoms with Crippen molar-refractivity contribution in [3.05, 3.63) is 70.2 Å². The molecule has 3 rings (SSSR count). The third-order valence-corrected chi connectivity index (χ3v) is 5.87. The number of hydrogen-bond acceptors (Lipinski definition) is 4. The first kappa shape index (κ1) is 21.7. The van der Waals surface area contributed by atoms with Crippen LogP contribution in [-0.2, 0) is 11.3 Å². The smallest absolute Gasteiger partial charge is 0.237 e. The van der Waals surface area contributed by atoms with Crippen LogP contribution in [0.3, 0.4) is 0 Å². The lowest BCUT2D eigenvalue weighted by Gasteiger charge is -2.14. The number of allylic oxidation sites excluding steroid dienone is 1. The highest BCUT2D eigenvalue weighted by molar-refractivity contribution is 8.00. The lowest BCUT2D eigenvalue weighted by Crippen LogP contribution is -2.23. The van der Waals surface area contributed by atoms with Crippen molar-refractivity contribution in [1.82, 2.24) is 14.8 Å². The molecule has 0 spiro atoms. The van der Waals surface area contributed by atoms with Gasteiger partial charge >= 0.3 is 0 Å². The second-order valence-electron chi connectivity index (χ2n) is 6.09. The van der Waals surface area contributed by atoms with E-state index in [9.17, 15) is 4.79 Å². The molecule has 1 N–H and O–H groups in total. The SMILES string of the molecule is C=CCn1c(SC(C)C(=O)Nc2cc(Cl)ccc2Cl)nnc1-c1ccc(Cl)cc1. The van der Waals surface area contributed by atoms with E-state index in [1.807, 2.05) is 16.7 Å². The van der Waals surface area contributed by atoms with Gasteiger partial charge in [0.15, 0.2) is 11.0 Å². The Kier molecular flexibility index (Phi) is 7.24. The van der Waals surface area contributed by atoms with E-state index in [0.29, 0.717) is 38.3 Å². The third-order valence-electron chi connectivity index (χ3n) is 3.97. The summed E-state index contributed by atoms with van der Waals surface area (Å²) in [5, 5.41) is 13.1. The molecule has 0 radical (unpaired) electrons. The highest BCUT2D eigenvalue weighted by atomic mass is 35.5. The molecule has 3 aromatic rings. The maximum absolute atomic E-state index is 12.6. The van der Waals surface area contributed by atoms with Gasteiger partial charge in [0.25, 0.3) is 0 Å². The van der Waals surface area contributed by atoms with Gasteiger partial charge in [-0.3, -0.25) is 9.36 Å². The molecule has 5 nitrogen and oxygen atoms in total. The van der Waals surface area contributed by atoms with E-state index in [1.54, 1.807) is 43.3 Å². The lowest BCUT2D eigenvalue weighted by atomic mass is 10.2. The monoisotopic (exact) mass is 466 g/mol. The number of aromatic nitrogens is 3. The minimum Gasteiger partial charge on any atom is -0.324 e. The molecule has 9 heteroatoms. The molecule has 0 fully saturated rings. The normalized spacial score (nSPS) is 11.9. The zero-order valence-electron chi connectivity index (χ0n) is 15.4. The summed E-state index contributed by atoms with van der Waals surface area (Å²) in [6.07, 6.45) is 1.75. The first-order chi connectivity index (χ1) is 13.9. The highest BCUT2D eigenvalue weighted by Crippen LogP contribution is 2.30. The van der Waals surface area contributed by atoms with Gasteiger partial charge < -0.3 is 5.32 Å². The first-order valence-electron chi connectivity index (χ1n) is 8.61. The summed E-state index contributed by atoms with van der Waals surface area (Å²) in [5.74, 6) is 0.454. The van der Waals surface area contributed by atoms with E-state index >= 15 is 0 Å². The van der Waals surface area contributed by atoms with Crippen molar-refractivity contribution in [2.24, 2.45) is 0 Å². The molecular weight excluding hydrogens is 451 g/mol. The van der Waals surface area contributed by atoms with Gasteiger partial charge in [-0.25, -0.2) is 0 Å². The van der Waals surface area contributed by atoms with E-state index in [2.05, 4.69) is 22.1 Å². The number of halogens is 3. The summed E-state index contributed by atoms with van der Waals surface area (Å²) in [4.78, 5) is 12.6. The van der Waals surface area contributed by atoms with E-state index in [-0.39, 0.29) is 5.91 Å². The molecule has 29 heavy (non-hydrogen) atoms. The molecule has 2 aromatic carbocycles. The van der Waals surface area contributed by atoms with Gasteiger partial charge in [0.2, 0.25) is 5.91 Å². The average Bonchev–Trinajstić information content (AvgIpc) is 3.08. The fourth-order valence-electron chi connectivity index (χ4n) is 2.52. The second-order valence-corrected chi connectivity index (χ2v) is 8.67. The Morgan fingerprint density at radius 3 is 2.55 bits per heavy atom. The number of rotatable bonds is 7. The number of carbonyl (C=O) groups is 1. The Labute approximate surface area is 188 Å². The summed E-state index contributed by atoms with van der Waals surface area (Å²) < 4.78 is 1.90. The molecule has 0 bridgehead atoms. The lowest BCUT2D eigenvalue weighted by molar-refractivity contribution is -0.115. The standard InChI is InChI=1S/C20H17Cl3N4OS/c1-3-10-27-18(13-4-6-14(21)7-5-13)25-26-20(27)29-12(2)19(28)24-17-11-15(22)8-9-16(17)23/h3-9,11-12H,1,10H2,2H3,(H,24,28). The maximum Gasteiger partial charge on any atom is 0.237 e. The van der Waals surface area contributed by atoms with Crippen molar-refractivity contribution in [3.63, 3.8) is 0 Å². The number of benzene rings is 2. The summed E-state index contributed by atoms with van der Waals surface area (Å²) in [6, 6.07) is 12.2. The van der Waals surface area contributed by atoms with E-state index in [1.165, 1.54) is 11.8 Å². The van der Waals surface area contributed by atoms with Gasteiger partial charge in [-0.05, 0) is 49.4 Å². The fourth-order valence-corrected chi connectivity index (χ4v) is 3.84. The van der Waals surface area contributed by atoms with E-state index in [0.717, 1.165) is 5.56 Å². The fraction of sp³-hybridized carbons (Fsp3) is 0.150. The van der Waals surface area contributed by atoms with Crippen LogP contribution in [0.5, 0.6) is 0 Å². The largest absolute Gasteiger partial charge is 0.324 e. The van der Waals surface area contributed by atoms with Gasteiger partial charge in [0, 0.05) is 22.2 Å². The van der Waals surface area contributed by atoms with Gasteiger partial charge in [0.1, 0.15) is 0 Å². The molecule has 1 heterocycles. The van der Waals surface area contributed by atoms with Crippen LogP contribution in [0.15, 0.2) is 60.3 Å². The van der Waals surface area contributed by atoms with Gasteiger partial charge in [-0.2, -0.15) is 0 Å². The molecule has 0 aliphatic rings. The summed E-state index contributed by atoms with van der Waals surface area (Å²) in [6.45, 7) is 6.09. The predicted octanol–water partition coefficient (Wildman–Crippen LogP) is 6.21. The number of hydrogen-bond donors (Lipinski definition) is 1. The molecule has 150 valence electrons. The third kappa shape index (κ3) is 5.34. The van der Waals surface area contributed by atoms with Crippen LogP contribution >= 0.6 is 46.6 Å². The zero-order valence-corrected chi connectivity index (χ0v) is 18.5. The Hall–Kier alpha value is -1.99. The zero-order chi connectivity index (χ0) is 21.0. The van der Waals surface area contributed by atoms with Crippen molar-refractivity contribution in [2.75, 3.05) is 5.32 Å². The topological polar surface area (TPSA) is 59.8 Å². The Balaban J connectivity index is 1.79. The number of nitrogens with zero attached hydrogens (tertiary/aromatic N) is 3. The average molecular weight is 468 g/mol. The quantitative estimate of drug-likeness (QED) is 0.331. The minimum absolute atomic E-state index is 0.222. The van der Waals surface area contributed by atoms with Crippen LogP contribution in [0.4, 0.5) is 5.69 Å². The van der Waals surface area contributed by atoms with E-state index in [4.69, 9.17) is 34.8 Å². The molecule has 1 amide bonds. The van der Waals surface area contributed by atoms with Crippen molar-refractivity contribution in [2.45, 2.75) is 23.9 Å². The van der Waals surface area contributed by atoms with Crippen LogP contribution in [0.1, 0.15) is 6.92 Å². The first-order valence-corrected chi connectivity index (χ1v) is 10.6. The van der Waals surface area contributed by atoms with E-state index < -0.39 is 5.25 Å². The summed E-state index contributed by atoms with van der Waals surface area (Å²) in [7, 11) is 0. The second kappa shape index (κ2) is 9.67. The number of anilines is 1. The van der Waals surface area contributed by atoms with Crippen molar-refractivity contribution >= 4 is 58.2 Å². The number of nitrogens with one attached hydrogen (secondary N) is 1. The minimum atomic E-state index is -0.448. The number of thioether (sulfide) groups is 1. The number of carbonyl (C=O) groups excluding carboxylic acids is 1. The molecule has 0 aliphatic carbocycles. The number of amides is 1. The van der Waals surface area contributed by atoms with Gasteiger partial charge in [-0.15, -0.1) is 16.8 Å². The Morgan fingerprint density at radius 1 is 1.17 bits per heavy atom. The Morgan fingerprint density at radius 2 is 1.86 bits per heavy atom. The molecule has 1 aromatic heterocycles. The molecule has 0 saturated carbocycles. The van der Waals surface area contributed by atoms with Crippen LogP contribution in [0.2, 0.25) is 15.1 Å². The molecule has 1 unspecified atom stereocenters. The molecule has 1 atom stereocenters. The summed E-state index contributed by atoms with van der Waals surface area (Å²) >= 11 is 19.4. The highest BCUT2D eigenvalue weighted by Gasteiger charge is 2.21. The van der Waals surface area contributed by atoms with Crippen LogP contribution in [-0.4, -0.2) is 25.9 Å².